The zero-order valence-electron chi connectivity index (χ0n) is 15.3. The second-order valence-electron chi connectivity index (χ2n) is 6.64. The first-order valence-electron chi connectivity index (χ1n) is 9.10. The summed E-state index contributed by atoms with van der Waals surface area (Å²) in [7, 11) is 1.64. The highest BCUT2D eigenvalue weighted by Crippen LogP contribution is 2.32. The number of unbranched alkanes of at least 4 members (excludes halogenated alkanes) is 1. The molecular formula is C20H25N3O3. The van der Waals surface area contributed by atoms with E-state index in [9.17, 15) is 9.90 Å². The monoisotopic (exact) mass is 355 g/mol. The minimum Gasteiger partial charge on any atom is -0.497 e. The lowest BCUT2D eigenvalue weighted by molar-refractivity contribution is -0.140. The number of hydrogen-bond acceptors (Lipinski definition) is 5. The first kappa shape index (κ1) is 18.2. The molecule has 6 nitrogen and oxygen atoms in total. The van der Waals surface area contributed by atoms with Crippen LogP contribution in [-0.2, 0) is 11.2 Å². The molecule has 0 radical (unpaired) electrons. The first-order valence-corrected chi connectivity index (χ1v) is 9.10. The maximum absolute atomic E-state index is 11.3. The van der Waals surface area contributed by atoms with Gasteiger partial charge >= 0.3 is 5.97 Å². The first-order chi connectivity index (χ1) is 12.6. The van der Waals surface area contributed by atoms with Crippen LogP contribution >= 0.6 is 0 Å². The predicted molar refractivity (Wildman–Crippen MR) is 101 cm³/mol. The molecular weight excluding hydrogens is 330 g/mol. The summed E-state index contributed by atoms with van der Waals surface area (Å²) in [5.41, 5.74) is 2.70. The Balaban J connectivity index is 1.95. The van der Waals surface area contributed by atoms with E-state index in [2.05, 4.69) is 16.8 Å². The number of carbonyl (C=O) groups is 1. The fraction of sp³-hybridized carbons (Fsp3) is 0.450. The number of aliphatic carboxylic acids is 1. The topological polar surface area (TPSA) is 75.5 Å². The van der Waals surface area contributed by atoms with Gasteiger partial charge in [-0.05, 0) is 43.5 Å². The normalized spacial score (nSPS) is 16.7. The van der Waals surface area contributed by atoms with Crippen molar-refractivity contribution in [3.05, 3.63) is 36.2 Å². The second kappa shape index (κ2) is 8.17. The zero-order valence-corrected chi connectivity index (χ0v) is 15.3. The Morgan fingerprint density at radius 2 is 2.12 bits per heavy atom. The molecule has 26 heavy (non-hydrogen) atoms. The largest absolute Gasteiger partial charge is 0.497 e. The minimum atomic E-state index is -0.742. The SMILES string of the molecule is CCCCc1cnc(-c2ccc(OC)cc2)c(N2CCC(C(=O)O)C2)n1. The third-order valence-corrected chi connectivity index (χ3v) is 4.79. The van der Waals surface area contributed by atoms with Crippen LogP contribution in [-0.4, -0.2) is 41.2 Å². The van der Waals surface area contributed by atoms with E-state index in [1.807, 2.05) is 30.5 Å². The van der Waals surface area contributed by atoms with E-state index >= 15 is 0 Å². The Bertz CT molecular complexity index is 761. The van der Waals surface area contributed by atoms with Crippen molar-refractivity contribution in [2.45, 2.75) is 32.6 Å². The molecule has 2 heterocycles. The highest BCUT2D eigenvalue weighted by Gasteiger charge is 2.30. The van der Waals surface area contributed by atoms with E-state index in [4.69, 9.17) is 9.72 Å². The lowest BCUT2D eigenvalue weighted by Crippen LogP contribution is -2.24. The minimum absolute atomic E-state index is 0.347. The number of hydrogen-bond donors (Lipinski definition) is 1. The smallest absolute Gasteiger partial charge is 0.308 e. The van der Waals surface area contributed by atoms with Gasteiger partial charge in [-0.25, -0.2) is 4.98 Å². The van der Waals surface area contributed by atoms with Gasteiger partial charge in [-0.3, -0.25) is 9.78 Å². The van der Waals surface area contributed by atoms with Gasteiger partial charge in [0.1, 0.15) is 11.4 Å². The van der Waals surface area contributed by atoms with Crippen molar-refractivity contribution in [2.24, 2.45) is 5.92 Å². The quantitative estimate of drug-likeness (QED) is 0.820. The number of ether oxygens (including phenoxy) is 1. The van der Waals surface area contributed by atoms with E-state index in [1.165, 1.54) is 0 Å². The highest BCUT2D eigenvalue weighted by molar-refractivity contribution is 5.75. The summed E-state index contributed by atoms with van der Waals surface area (Å²) in [4.78, 5) is 22.9. The average molecular weight is 355 g/mol. The summed E-state index contributed by atoms with van der Waals surface area (Å²) in [6.07, 6.45) is 5.52. The third kappa shape index (κ3) is 3.95. The van der Waals surface area contributed by atoms with Gasteiger partial charge in [-0.1, -0.05) is 13.3 Å². The summed E-state index contributed by atoms with van der Waals surface area (Å²) in [6.45, 7) is 3.31. The van der Waals surface area contributed by atoms with Gasteiger partial charge in [0.25, 0.3) is 0 Å². The van der Waals surface area contributed by atoms with Crippen LogP contribution in [0.25, 0.3) is 11.3 Å². The number of benzene rings is 1. The number of carboxylic acid groups (broad SMARTS) is 1. The van der Waals surface area contributed by atoms with Crippen molar-refractivity contribution in [3.8, 4) is 17.0 Å². The summed E-state index contributed by atoms with van der Waals surface area (Å²) in [5.74, 6) is 0.482. The van der Waals surface area contributed by atoms with E-state index in [0.717, 1.165) is 47.8 Å². The van der Waals surface area contributed by atoms with E-state index in [1.54, 1.807) is 7.11 Å². The molecule has 2 aromatic rings. The van der Waals surface area contributed by atoms with Crippen LogP contribution in [0.3, 0.4) is 0 Å². The van der Waals surface area contributed by atoms with E-state index in [0.29, 0.717) is 19.5 Å². The predicted octanol–water partition coefficient (Wildman–Crippen LogP) is 3.41. The Hall–Kier alpha value is -2.63. The van der Waals surface area contributed by atoms with Crippen molar-refractivity contribution < 1.29 is 14.6 Å². The zero-order chi connectivity index (χ0) is 18.5. The van der Waals surface area contributed by atoms with Crippen molar-refractivity contribution in [3.63, 3.8) is 0 Å². The molecule has 0 spiro atoms. The average Bonchev–Trinajstić information content (AvgIpc) is 3.17. The van der Waals surface area contributed by atoms with Crippen molar-refractivity contribution >= 4 is 11.8 Å². The van der Waals surface area contributed by atoms with Gasteiger partial charge in [0, 0.05) is 24.8 Å². The van der Waals surface area contributed by atoms with Gasteiger partial charge in [0.15, 0.2) is 5.82 Å². The molecule has 1 atom stereocenters. The van der Waals surface area contributed by atoms with Gasteiger partial charge in [-0.15, -0.1) is 0 Å². The number of aryl methyl sites for hydroxylation is 1. The van der Waals surface area contributed by atoms with Crippen LogP contribution in [0, 0.1) is 5.92 Å². The molecule has 0 saturated carbocycles. The van der Waals surface area contributed by atoms with E-state index < -0.39 is 5.97 Å². The Morgan fingerprint density at radius 3 is 2.73 bits per heavy atom. The van der Waals surface area contributed by atoms with Crippen molar-refractivity contribution in [1.82, 2.24) is 9.97 Å². The van der Waals surface area contributed by atoms with E-state index in [-0.39, 0.29) is 5.92 Å². The lowest BCUT2D eigenvalue weighted by Gasteiger charge is -2.21. The van der Waals surface area contributed by atoms with Crippen LogP contribution in [0.4, 0.5) is 5.82 Å². The molecule has 6 heteroatoms. The van der Waals surface area contributed by atoms with Crippen LogP contribution in [0.15, 0.2) is 30.5 Å². The molecule has 0 bridgehead atoms. The summed E-state index contributed by atoms with van der Waals surface area (Å²) in [5, 5.41) is 9.32. The molecule has 1 unspecified atom stereocenters. The molecule has 0 amide bonds. The fourth-order valence-electron chi connectivity index (χ4n) is 3.22. The maximum Gasteiger partial charge on any atom is 0.308 e. The lowest BCUT2D eigenvalue weighted by atomic mass is 10.1. The van der Waals surface area contributed by atoms with Crippen molar-refractivity contribution in [2.75, 3.05) is 25.1 Å². The Morgan fingerprint density at radius 1 is 1.35 bits per heavy atom. The summed E-state index contributed by atoms with van der Waals surface area (Å²) < 4.78 is 5.23. The fourth-order valence-corrected chi connectivity index (χ4v) is 3.22. The molecule has 1 fully saturated rings. The number of aromatic nitrogens is 2. The standard InChI is InChI=1S/C20H25N3O3/c1-3-4-5-16-12-21-18(14-6-8-17(26-2)9-7-14)19(22-16)23-11-10-15(13-23)20(24)25/h6-9,12,15H,3-5,10-11,13H2,1-2H3,(H,24,25). The van der Waals surface area contributed by atoms with Gasteiger partial charge in [-0.2, -0.15) is 0 Å². The molecule has 0 aliphatic carbocycles. The Kier molecular flexibility index (Phi) is 5.71. The summed E-state index contributed by atoms with van der Waals surface area (Å²) >= 11 is 0. The van der Waals surface area contributed by atoms with Gasteiger partial charge in [0.05, 0.1) is 18.7 Å². The van der Waals surface area contributed by atoms with Crippen LogP contribution in [0.1, 0.15) is 31.9 Å². The van der Waals surface area contributed by atoms with Crippen LogP contribution < -0.4 is 9.64 Å². The second-order valence-corrected chi connectivity index (χ2v) is 6.64. The molecule has 1 aromatic heterocycles. The molecule has 1 saturated heterocycles. The molecule has 1 aromatic carbocycles. The maximum atomic E-state index is 11.3. The number of nitrogens with zero attached hydrogens (tertiary/aromatic N) is 3. The third-order valence-electron chi connectivity index (χ3n) is 4.79. The molecule has 1 N–H and O–H groups in total. The highest BCUT2D eigenvalue weighted by atomic mass is 16.5. The molecule has 3 rings (SSSR count). The molecule has 1 aliphatic heterocycles. The van der Waals surface area contributed by atoms with Gasteiger partial charge in [0.2, 0.25) is 0 Å². The number of anilines is 1. The number of rotatable bonds is 7. The summed E-state index contributed by atoms with van der Waals surface area (Å²) in [6, 6.07) is 7.72. The van der Waals surface area contributed by atoms with Crippen LogP contribution in [0.5, 0.6) is 5.75 Å². The molecule has 138 valence electrons. The van der Waals surface area contributed by atoms with Crippen LogP contribution in [0.2, 0.25) is 0 Å². The Labute approximate surface area is 153 Å². The molecule has 1 aliphatic rings. The van der Waals surface area contributed by atoms with Crippen molar-refractivity contribution in [1.29, 1.82) is 0 Å². The van der Waals surface area contributed by atoms with Gasteiger partial charge < -0.3 is 14.7 Å². The number of carboxylic acids is 1. The number of methoxy groups -OCH3 is 1.